The zero-order valence-corrected chi connectivity index (χ0v) is 15.6. The van der Waals surface area contributed by atoms with Gasteiger partial charge in [0.1, 0.15) is 0 Å². The highest BCUT2D eigenvalue weighted by Gasteiger charge is 2.33. The summed E-state index contributed by atoms with van der Waals surface area (Å²) >= 11 is 3.43. The number of carbonyl (C=O) groups is 2. The minimum absolute atomic E-state index is 0.0155. The second-order valence-electron chi connectivity index (χ2n) is 6.04. The van der Waals surface area contributed by atoms with Gasteiger partial charge in [0.15, 0.2) is 5.76 Å². The van der Waals surface area contributed by atoms with E-state index < -0.39 is 0 Å². The highest BCUT2D eigenvalue weighted by Crippen LogP contribution is 2.39. The Labute approximate surface area is 159 Å². The third kappa shape index (κ3) is 3.32. The summed E-state index contributed by atoms with van der Waals surface area (Å²) in [5.74, 6) is 0.0196. The Bertz CT molecular complexity index is 884. The number of furan rings is 1. The van der Waals surface area contributed by atoms with Crippen LogP contribution in [0.4, 0.5) is 0 Å². The summed E-state index contributed by atoms with van der Waals surface area (Å²) in [6.45, 7) is 1.00. The molecule has 0 saturated heterocycles. The first-order valence-electron chi connectivity index (χ1n) is 8.45. The van der Waals surface area contributed by atoms with Gasteiger partial charge in [0.05, 0.1) is 12.3 Å². The molecule has 7 heteroatoms. The molecule has 4 rings (SSSR count). The number of hydrogen-bond acceptors (Lipinski definition) is 5. The first-order chi connectivity index (χ1) is 12.7. The standard InChI is InChI=1S/C19H18N2O3S2/c22-17(5-8-20-19(23)14-3-1-10-24-14)21-9-6-15-13(7-12-26-15)18(21)16-4-2-11-25-16/h1-4,7,10-12,18H,5-6,8-9H2,(H,20,23)/t18-/m1/s1. The van der Waals surface area contributed by atoms with E-state index in [1.807, 2.05) is 16.3 Å². The van der Waals surface area contributed by atoms with Crippen molar-refractivity contribution >= 4 is 34.5 Å². The number of fused-ring (bicyclic) bond motifs is 1. The van der Waals surface area contributed by atoms with E-state index in [0.29, 0.717) is 13.1 Å². The molecule has 1 N–H and O–H groups in total. The highest BCUT2D eigenvalue weighted by molar-refractivity contribution is 7.10. The fourth-order valence-corrected chi connectivity index (χ4v) is 5.02. The lowest BCUT2D eigenvalue weighted by Crippen LogP contribution is -2.41. The van der Waals surface area contributed by atoms with Crippen molar-refractivity contribution in [3.63, 3.8) is 0 Å². The number of nitrogens with zero attached hydrogens (tertiary/aromatic N) is 1. The van der Waals surface area contributed by atoms with E-state index in [1.54, 1.807) is 34.8 Å². The molecule has 3 aromatic heterocycles. The molecule has 134 valence electrons. The maximum Gasteiger partial charge on any atom is 0.286 e. The zero-order chi connectivity index (χ0) is 17.9. The minimum atomic E-state index is -0.295. The second-order valence-corrected chi connectivity index (χ2v) is 8.02. The van der Waals surface area contributed by atoms with Crippen molar-refractivity contribution in [3.8, 4) is 0 Å². The lowest BCUT2D eigenvalue weighted by molar-refractivity contribution is -0.133. The van der Waals surface area contributed by atoms with Crippen LogP contribution in [0.1, 0.15) is 38.3 Å². The van der Waals surface area contributed by atoms with Gasteiger partial charge in [-0.05, 0) is 47.0 Å². The van der Waals surface area contributed by atoms with E-state index in [4.69, 9.17) is 4.42 Å². The molecule has 0 saturated carbocycles. The van der Waals surface area contributed by atoms with Crippen LogP contribution in [-0.4, -0.2) is 29.8 Å². The molecule has 1 aliphatic rings. The quantitative estimate of drug-likeness (QED) is 0.727. The minimum Gasteiger partial charge on any atom is -0.459 e. The number of hydrogen-bond donors (Lipinski definition) is 1. The van der Waals surface area contributed by atoms with Crippen LogP contribution in [0.25, 0.3) is 0 Å². The third-order valence-corrected chi connectivity index (χ3v) is 6.39. The van der Waals surface area contributed by atoms with Crippen molar-refractivity contribution in [2.45, 2.75) is 18.9 Å². The molecule has 0 bridgehead atoms. The lowest BCUT2D eigenvalue weighted by Gasteiger charge is -2.35. The van der Waals surface area contributed by atoms with Crippen molar-refractivity contribution in [1.29, 1.82) is 0 Å². The van der Waals surface area contributed by atoms with Crippen LogP contribution in [0.5, 0.6) is 0 Å². The zero-order valence-electron chi connectivity index (χ0n) is 14.0. The maximum atomic E-state index is 12.9. The van der Waals surface area contributed by atoms with E-state index in [9.17, 15) is 9.59 Å². The topological polar surface area (TPSA) is 62.6 Å². The first-order valence-corrected chi connectivity index (χ1v) is 10.2. The summed E-state index contributed by atoms with van der Waals surface area (Å²) in [6, 6.07) is 9.49. The summed E-state index contributed by atoms with van der Waals surface area (Å²) in [5.41, 5.74) is 1.23. The smallest absolute Gasteiger partial charge is 0.286 e. The number of thiophene rings is 2. The molecular formula is C19H18N2O3S2. The van der Waals surface area contributed by atoms with Crippen molar-refractivity contribution in [2.24, 2.45) is 0 Å². The van der Waals surface area contributed by atoms with Gasteiger partial charge < -0.3 is 14.6 Å². The molecule has 5 nitrogen and oxygen atoms in total. The second kappa shape index (κ2) is 7.47. The van der Waals surface area contributed by atoms with Crippen LogP contribution >= 0.6 is 22.7 Å². The molecule has 1 atom stereocenters. The maximum absolute atomic E-state index is 12.9. The number of nitrogens with one attached hydrogen (secondary N) is 1. The summed E-state index contributed by atoms with van der Waals surface area (Å²) in [5, 5.41) is 6.89. The summed E-state index contributed by atoms with van der Waals surface area (Å²) in [6.07, 6.45) is 2.62. The molecule has 1 aliphatic heterocycles. The molecule has 0 aliphatic carbocycles. The monoisotopic (exact) mass is 386 g/mol. The van der Waals surface area contributed by atoms with Crippen LogP contribution < -0.4 is 5.32 Å². The average molecular weight is 386 g/mol. The van der Waals surface area contributed by atoms with Gasteiger partial charge in [0, 0.05) is 29.3 Å². The van der Waals surface area contributed by atoms with Crippen molar-refractivity contribution < 1.29 is 14.0 Å². The van der Waals surface area contributed by atoms with Gasteiger partial charge in [-0.25, -0.2) is 0 Å². The number of carbonyl (C=O) groups excluding carboxylic acids is 2. The van der Waals surface area contributed by atoms with Gasteiger partial charge in [-0.1, -0.05) is 6.07 Å². The molecule has 0 fully saturated rings. The molecule has 2 amide bonds. The van der Waals surface area contributed by atoms with Crippen molar-refractivity contribution in [3.05, 3.63) is 68.4 Å². The van der Waals surface area contributed by atoms with E-state index in [0.717, 1.165) is 6.42 Å². The van der Waals surface area contributed by atoms with Crippen LogP contribution in [0, 0.1) is 0 Å². The van der Waals surface area contributed by atoms with E-state index >= 15 is 0 Å². The predicted octanol–water partition coefficient (Wildman–Crippen LogP) is 3.70. The fraction of sp³-hybridized carbons (Fsp3) is 0.263. The van der Waals surface area contributed by atoms with E-state index in [1.165, 1.54) is 21.6 Å². The van der Waals surface area contributed by atoms with Crippen LogP contribution in [0.3, 0.4) is 0 Å². The molecule has 0 spiro atoms. The lowest BCUT2D eigenvalue weighted by atomic mass is 9.98. The third-order valence-electron chi connectivity index (χ3n) is 4.47. The van der Waals surface area contributed by atoms with Gasteiger partial charge in [0.25, 0.3) is 5.91 Å². The molecule has 0 unspecified atom stereocenters. The number of amides is 2. The summed E-state index contributed by atoms with van der Waals surface area (Å²) in [4.78, 5) is 29.3. The van der Waals surface area contributed by atoms with Gasteiger partial charge in [-0.3, -0.25) is 9.59 Å². The van der Waals surface area contributed by atoms with Gasteiger partial charge in [-0.2, -0.15) is 0 Å². The molecular weight excluding hydrogens is 368 g/mol. The molecule has 0 radical (unpaired) electrons. The van der Waals surface area contributed by atoms with Crippen molar-refractivity contribution in [1.82, 2.24) is 10.2 Å². The molecule has 26 heavy (non-hydrogen) atoms. The van der Waals surface area contributed by atoms with E-state index in [2.05, 4.69) is 22.8 Å². The SMILES string of the molecule is O=C(NCCC(=O)N1CCc2sccc2[C@@H]1c1cccs1)c1ccco1. The Morgan fingerprint density at radius 2 is 2.12 bits per heavy atom. The Morgan fingerprint density at radius 1 is 1.19 bits per heavy atom. The predicted molar refractivity (Wildman–Crippen MR) is 102 cm³/mol. The molecule has 0 aromatic carbocycles. The van der Waals surface area contributed by atoms with Crippen LogP contribution in [0.15, 0.2) is 51.8 Å². The molecule has 4 heterocycles. The van der Waals surface area contributed by atoms with Gasteiger partial charge in [-0.15, -0.1) is 22.7 Å². The highest BCUT2D eigenvalue weighted by atomic mass is 32.1. The number of rotatable bonds is 5. The van der Waals surface area contributed by atoms with Crippen LogP contribution in [0.2, 0.25) is 0 Å². The Hall–Kier alpha value is -2.38. The summed E-state index contributed by atoms with van der Waals surface area (Å²) in [7, 11) is 0. The first kappa shape index (κ1) is 17.1. The Kier molecular flexibility index (Phi) is 4.90. The summed E-state index contributed by atoms with van der Waals surface area (Å²) < 4.78 is 5.06. The Balaban J connectivity index is 1.44. The average Bonchev–Trinajstić information content (AvgIpc) is 3.42. The van der Waals surface area contributed by atoms with Gasteiger partial charge >= 0.3 is 0 Å². The van der Waals surface area contributed by atoms with E-state index in [-0.39, 0.29) is 30.0 Å². The molecule has 3 aromatic rings. The largest absolute Gasteiger partial charge is 0.459 e. The van der Waals surface area contributed by atoms with Gasteiger partial charge in [0.2, 0.25) is 5.91 Å². The van der Waals surface area contributed by atoms with Crippen molar-refractivity contribution in [2.75, 3.05) is 13.1 Å². The normalized spacial score (nSPS) is 16.3. The Morgan fingerprint density at radius 3 is 2.88 bits per heavy atom. The van der Waals surface area contributed by atoms with Crippen LogP contribution in [-0.2, 0) is 11.2 Å². The fourth-order valence-electron chi connectivity index (χ4n) is 3.26.